The third-order valence-electron chi connectivity index (χ3n) is 11.5. The fourth-order valence-corrected chi connectivity index (χ4v) is 10.2. The molecule has 0 fully saturated rings. The standard InChI is InChI=1S/C48H56ClN2O3S.F5P/c1-9-29-50-39-25-21-33-15-10-12-19-37(33)43(39)47(5,6)41(50)27-23-35-17-14-18-36(45(35)49)24-28-42-48(7,8)44-38-20-13-11-16-34(38)22-26-40(44)51(42)30-31-55(52,53)54-32-46(2,3)4;1-6(2,3,4)5/h10-13,15-16,19-28H,9,14,17-18,29-32H2,1-8H3;/q+1;. The Kier molecular flexibility index (Phi) is 13.0. The molecule has 0 spiro atoms. The van der Waals surface area contributed by atoms with E-state index >= 15 is 0 Å². The van der Waals surface area contributed by atoms with Gasteiger partial charge < -0.3 is 4.90 Å². The Morgan fingerprint density at radius 3 is 2.02 bits per heavy atom. The molecule has 4 aromatic carbocycles. The van der Waals surface area contributed by atoms with E-state index in [1.54, 1.807) is 0 Å². The number of nitrogens with zero attached hydrogens (tertiary/aromatic N) is 2. The van der Waals surface area contributed by atoms with Gasteiger partial charge >= 0.3 is 29.1 Å². The van der Waals surface area contributed by atoms with Crippen LogP contribution in [0.5, 0.6) is 0 Å². The van der Waals surface area contributed by atoms with Crippen molar-refractivity contribution >= 4 is 68.5 Å². The number of anilines is 1. The summed E-state index contributed by atoms with van der Waals surface area (Å²) in [4.78, 5) is 2.18. The van der Waals surface area contributed by atoms with Gasteiger partial charge in [-0.15, -0.1) is 0 Å². The predicted octanol–water partition coefficient (Wildman–Crippen LogP) is 15.0. The summed E-state index contributed by atoms with van der Waals surface area (Å²) in [6.07, 6.45) is 12.8. The first-order chi connectivity index (χ1) is 28.3. The van der Waals surface area contributed by atoms with E-state index in [9.17, 15) is 29.4 Å². The third kappa shape index (κ3) is 10.7. The Morgan fingerprint density at radius 1 is 0.820 bits per heavy atom. The van der Waals surface area contributed by atoms with Crippen LogP contribution in [0.25, 0.3) is 21.5 Å². The summed E-state index contributed by atoms with van der Waals surface area (Å²) in [5, 5.41) is 5.75. The van der Waals surface area contributed by atoms with Crippen LogP contribution in [0.1, 0.15) is 92.2 Å². The fraction of sp³-hybridized carbons (Fsp3) is 0.396. The van der Waals surface area contributed by atoms with Crippen molar-refractivity contribution in [2.45, 2.75) is 91.9 Å². The van der Waals surface area contributed by atoms with Crippen molar-refractivity contribution in [3.8, 4) is 0 Å². The summed E-state index contributed by atoms with van der Waals surface area (Å²) >= 11 is 7.32. The molecular formula is C48H56ClF5N2O3PS+. The molecule has 0 aromatic heterocycles. The maximum absolute atomic E-state index is 13.2. The Labute approximate surface area is 363 Å². The van der Waals surface area contributed by atoms with E-state index in [4.69, 9.17) is 15.8 Å². The zero-order valence-corrected chi connectivity index (χ0v) is 38.6. The van der Waals surface area contributed by atoms with Gasteiger partial charge in [0, 0.05) is 52.5 Å². The van der Waals surface area contributed by atoms with Crippen molar-refractivity contribution in [2.75, 3.05) is 30.3 Å². The molecule has 4 aromatic rings. The van der Waals surface area contributed by atoms with Crippen LogP contribution < -0.4 is 4.90 Å². The Balaban J connectivity index is 0.000000967. The quantitative estimate of drug-likeness (QED) is 0.0689. The average Bonchev–Trinajstić information content (AvgIpc) is 3.52. The minimum absolute atomic E-state index is 0.112. The molecule has 328 valence electrons. The van der Waals surface area contributed by atoms with Gasteiger partial charge in [-0.25, -0.2) is 0 Å². The van der Waals surface area contributed by atoms with E-state index in [1.165, 1.54) is 44.1 Å². The van der Waals surface area contributed by atoms with Crippen LogP contribution in [-0.4, -0.2) is 44.2 Å². The molecule has 0 unspecified atom stereocenters. The molecule has 5 nitrogen and oxygen atoms in total. The summed E-state index contributed by atoms with van der Waals surface area (Å²) < 4.78 is 83.5. The van der Waals surface area contributed by atoms with Crippen molar-refractivity contribution < 1.29 is 38.2 Å². The Hall–Kier alpha value is -3.89. The van der Waals surface area contributed by atoms with Gasteiger partial charge in [-0.1, -0.05) is 120 Å². The first kappa shape index (κ1) is 46.6. The molecule has 13 heteroatoms. The van der Waals surface area contributed by atoms with Crippen LogP contribution in [0.4, 0.5) is 32.4 Å². The zero-order chi connectivity index (χ0) is 44.8. The SMILES string of the molecule is CCC[N+]1=C(/C=C/C2=C(Cl)C(=C/C=C3/N(CCS(=O)(=O)OCC(C)(C)C)c4ccc5ccccc5c4C3(C)C)/CCC2)C(C)(C)c2c1ccc1ccccc21.FP(F)(F)(F)F. The van der Waals surface area contributed by atoms with Crippen LogP contribution >= 0.6 is 19.8 Å². The number of rotatable bonds is 10. The van der Waals surface area contributed by atoms with Crippen molar-refractivity contribution in [3.05, 3.63) is 130 Å². The molecule has 0 N–H and O–H groups in total. The molecule has 2 heterocycles. The molecule has 0 saturated carbocycles. The molecule has 3 aliphatic rings. The second-order valence-electron chi connectivity index (χ2n) is 18.3. The fourth-order valence-electron chi connectivity index (χ4n) is 8.87. The van der Waals surface area contributed by atoms with Crippen molar-refractivity contribution in [1.29, 1.82) is 0 Å². The normalized spacial score (nSPS) is 19.8. The first-order valence-electron chi connectivity index (χ1n) is 20.7. The van der Waals surface area contributed by atoms with Gasteiger partial charge in [0.05, 0.1) is 17.8 Å². The van der Waals surface area contributed by atoms with Crippen molar-refractivity contribution in [1.82, 2.24) is 0 Å². The van der Waals surface area contributed by atoms with Gasteiger partial charge in [0.2, 0.25) is 5.69 Å². The van der Waals surface area contributed by atoms with Gasteiger partial charge in [0.15, 0.2) is 5.71 Å². The molecule has 61 heavy (non-hydrogen) atoms. The van der Waals surface area contributed by atoms with Crippen molar-refractivity contribution in [3.63, 3.8) is 0 Å². The first-order valence-corrected chi connectivity index (χ1v) is 24.3. The summed E-state index contributed by atoms with van der Waals surface area (Å²) in [7, 11) is -12.3. The van der Waals surface area contributed by atoms with Crippen LogP contribution in [-0.2, 0) is 25.1 Å². The topological polar surface area (TPSA) is 49.6 Å². The van der Waals surface area contributed by atoms with Crippen LogP contribution in [0.2, 0.25) is 0 Å². The number of allylic oxidation sites excluding steroid dienone is 8. The second-order valence-corrected chi connectivity index (χ2v) is 21.7. The van der Waals surface area contributed by atoms with Crippen LogP contribution in [0, 0.1) is 5.41 Å². The number of fused-ring (bicyclic) bond motifs is 6. The number of hydrogen-bond donors (Lipinski definition) is 0. The summed E-state index contributed by atoms with van der Waals surface area (Å²) in [5.74, 6) is -0.112. The third-order valence-corrected chi connectivity index (χ3v) is 13.2. The van der Waals surface area contributed by atoms with Gasteiger partial charge in [0.25, 0.3) is 10.1 Å². The molecule has 0 radical (unpaired) electrons. The van der Waals surface area contributed by atoms with Gasteiger partial charge in [-0.05, 0) is 95.0 Å². The molecule has 0 amide bonds. The van der Waals surface area contributed by atoms with Gasteiger partial charge in [-0.2, -0.15) is 13.0 Å². The molecule has 7 rings (SSSR count). The van der Waals surface area contributed by atoms with Crippen LogP contribution in [0.3, 0.4) is 0 Å². The molecule has 0 bridgehead atoms. The zero-order valence-electron chi connectivity index (χ0n) is 36.1. The van der Waals surface area contributed by atoms with E-state index < -0.39 is 18.3 Å². The number of hydrogen-bond acceptors (Lipinski definition) is 4. The summed E-state index contributed by atoms with van der Waals surface area (Å²) in [5.41, 5.74) is 8.72. The van der Waals surface area contributed by atoms with E-state index in [1.807, 2.05) is 20.8 Å². The Morgan fingerprint density at radius 2 is 1.41 bits per heavy atom. The predicted molar refractivity (Wildman–Crippen MR) is 245 cm³/mol. The minimum atomic E-state index is -8.55. The Bertz CT molecular complexity index is 2620. The molecule has 0 saturated heterocycles. The number of halogens is 6. The molecule has 2 aliphatic heterocycles. The molecule has 0 atom stereocenters. The van der Waals surface area contributed by atoms with Gasteiger partial charge in [-0.3, -0.25) is 4.18 Å². The summed E-state index contributed by atoms with van der Waals surface area (Å²) in [6.45, 7) is 18.7. The monoisotopic (exact) mass is 901 g/mol. The molecular weight excluding hydrogens is 846 g/mol. The number of benzene rings is 4. The second kappa shape index (κ2) is 17.0. The van der Waals surface area contributed by atoms with E-state index in [0.29, 0.717) is 0 Å². The summed E-state index contributed by atoms with van der Waals surface area (Å²) in [6, 6.07) is 26.0. The van der Waals surface area contributed by atoms with E-state index in [0.717, 1.165) is 59.8 Å². The van der Waals surface area contributed by atoms with E-state index in [-0.39, 0.29) is 35.1 Å². The average molecular weight is 902 g/mol. The van der Waals surface area contributed by atoms with Crippen LogP contribution in [0.15, 0.2) is 119 Å². The molecule has 1 aliphatic carbocycles. The maximum atomic E-state index is 13.2. The van der Waals surface area contributed by atoms with E-state index in [2.05, 4.69) is 141 Å². The van der Waals surface area contributed by atoms with Crippen molar-refractivity contribution in [2.24, 2.45) is 5.41 Å². The van der Waals surface area contributed by atoms with Gasteiger partial charge in [0.1, 0.15) is 6.54 Å².